The van der Waals surface area contributed by atoms with Crippen LogP contribution in [0.3, 0.4) is 0 Å². The summed E-state index contributed by atoms with van der Waals surface area (Å²) in [6, 6.07) is 0. The van der Waals surface area contributed by atoms with Gasteiger partial charge in [-0.2, -0.15) is 0 Å². The van der Waals surface area contributed by atoms with Crippen molar-refractivity contribution in [3.8, 4) is 0 Å². The van der Waals surface area contributed by atoms with E-state index in [2.05, 4.69) is 19.1 Å². The second kappa shape index (κ2) is 26.3. The summed E-state index contributed by atoms with van der Waals surface area (Å²) in [4.78, 5) is 23.0. The summed E-state index contributed by atoms with van der Waals surface area (Å²) in [5.74, 6) is -1.86. The molecule has 0 aromatic rings. The first-order chi connectivity index (χ1) is 16.6. The molecule has 0 aromatic carbocycles. The molecule has 200 valence electrons. The Balaban J connectivity index is 3.40. The third-order valence-electron chi connectivity index (χ3n) is 6.54. The lowest BCUT2D eigenvalue weighted by atomic mass is 9.97. The fourth-order valence-corrected chi connectivity index (χ4v) is 4.31. The maximum absolute atomic E-state index is 11.6. The minimum atomic E-state index is -0.879. The Hall–Kier alpha value is -1.32. The summed E-state index contributed by atoms with van der Waals surface area (Å²) in [6.07, 6.45) is 30.6. The molecule has 0 aliphatic carbocycles. The highest BCUT2D eigenvalue weighted by atomic mass is 16.5. The molecule has 1 N–H and O–H groups in total. The zero-order chi connectivity index (χ0) is 25.1. The van der Waals surface area contributed by atoms with Crippen LogP contribution >= 0.6 is 0 Å². The summed E-state index contributed by atoms with van der Waals surface area (Å²) in [5.41, 5.74) is 0. The van der Waals surface area contributed by atoms with Gasteiger partial charge in [0.2, 0.25) is 0 Å². The van der Waals surface area contributed by atoms with Gasteiger partial charge < -0.3 is 9.84 Å². The molecular formula is C30H56O4. The quantitative estimate of drug-likeness (QED) is 0.0760. The number of carbonyl (C=O) groups excluding carboxylic acids is 1. The van der Waals surface area contributed by atoms with E-state index in [1.54, 1.807) is 0 Å². The van der Waals surface area contributed by atoms with Crippen molar-refractivity contribution >= 4 is 11.9 Å². The molecule has 0 saturated carbocycles. The van der Waals surface area contributed by atoms with E-state index in [0.717, 1.165) is 25.7 Å². The lowest BCUT2D eigenvalue weighted by molar-refractivity contribution is -0.151. The van der Waals surface area contributed by atoms with Crippen molar-refractivity contribution in [1.82, 2.24) is 0 Å². The van der Waals surface area contributed by atoms with Crippen LogP contribution in [0.4, 0.5) is 0 Å². The molecule has 0 radical (unpaired) electrons. The first-order valence-corrected chi connectivity index (χ1v) is 14.6. The average Bonchev–Trinajstić information content (AvgIpc) is 2.82. The smallest absolute Gasteiger partial charge is 0.307 e. The van der Waals surface area contributed by atoms with E-state index in [1.807, 2.05) is 6.92 Å². The number of allylic oxidation sites excluding steroid dienone is 2. The Morgan fingerprint density at radius 2 is 1.09 bits per heavy atom. The highest BCUT2D eigenvalue weighted by molar-refractivity contribution is 5.78. The van der Waals surface area contributed by atoms with E-state index < -0.39 is 11.9 Å². The second-order valence-corrected chi connectivity index (χ2v) is 9.95. The number of carboxylic acid groups (broad SMARTS) is 1. The molecular weight excluding hydrogens is 424 g/mol. The first-order valence-electron chi connectivity index (χ1n) is 14.6. The zero-order valence-corrected chi connectivity index (χ0v) is 22.7. The molecule has 0 saturated heterocycles. The van der Waals surface area contributed by atoms with E-state index >= 15 is 0 Å². The van der Waals surface area contributed by atoms with Gasteiger partial charge in [0.25, 0.3) is 0 Å². The van der Waals surface area contributed by atoms with Crippen LogP contribution in [0.2, 0.25) is 0 Å². The fraction of sp³-hybridized carbons (Fsp3) is 0.867. The highest BCUT2D eigenvalue weighted by Crippen LogP contribution is 2.17. The van der Waals surface area contributed by atoms with Crippen LogP contribution in [-0.4, -0.2) is 23.7 Å². The van der Waals surface area contributed by atoms with Gasteiger partial charge in [-0.25, -0.2) is 0 Å². The molecule has 0 rings (SSSR count). The van der Waals surface area contributed by atoms with Crippen LogP contribution < -0.4 is 0 Å². The maximum atomic E-state index is 11.6. The Morgan fingerprint density at radius 1 is 0.647 bits per heavy atom. The van der Waals surface area contributed by atoms with Gasteiger partial charge in [-0.1, -0.05) is 122 Å². The van der Waals surface area contributed by atoms with Crippen molar-refractivity contribution in [1.29, 1.82) is 0 Å². The molecule has 34 heavy (non-hydrogen) atoms. The number of unbranched alkanes of at least 4 members (excludes halogenated alkanes) is 17. The first kappa shape index (κ1) is 32.7. The van der Waals surface area contributed by atoms with Gasteiger partial charge >= 0.3 is 11.9 Å². The van der Waals surface area contributed by atoms with E-state index in [1.165, 1.54) is 103 Å². The third kappa shape index (κ3) is 23.8. The minimum Gasteiger partial charge on any atom is -0.481 e. The summed E-state index contributed by atoms with van der Waals surface area (Å²) in [7, 11) is 0. The topological polar surface area (TPSA) is 63.6 Å². The van der Waals surface area contributed by atoms with Crippen molar-refractivity contribution in [3.05, 3.63) is 12.2 Å². The second-order valence-electron chi connectivity index (χ2n) is 9.95. The van der Waals surface area contributed by atoms with Crippen LogP contribution in [0, 0.1) is 5.92 Å². The number of carboxylic acids is 1. The van der Waals surface area contributed by atoms with E-state index in [0.29, 0.717) is 13.0 Å². The Kier molecular flexibility index (Phi) is 25.3. The van der Waals surface area contributed by atoms with Gasteiger partial charge in [0, 0.05) is 0 Å². The van der Waals surface area contributed by atoms with Gasteiger partial charge in [0.05, 0.1) is 18.9 Å². The number of hydrogen-bond donors (Lipinski definition) is 1. The highest BCUT2D eigenvalue weighted by Gasteiger charge is 2.21. The minimum absolute atomic E-state index is 0.00295. The van der Waals surface area contributed by atoms with E-state index in [4.69, 9.17) is 4.74 Å². The zero-order valence-electron chi connectivity index (χ0n) is 22.7. The predicted octanol–water partition coefficient (Wildman–Crippen LogP) is 9.41. The van der Waals surface area contributed by atoms with E-state index in [9.17, 15) is 14.7 Å². The monoisotopic (exact) mass is 480 g/mol. The number of ether oxygens (including phenoxy) is 1. The van der Waals surface area contributed by atoms with Crippen LogP contribution in [0.25, 0.3) is 0 Å². The standard InChI is InChI=1S/C30H56O4/c1-3-5-6-7-8-9-10-11-12-13-14-15-16-17-18-19-20-21-22-23-24-25-28(30(32)33)27-29(31)34-26-4-2/h14-15,28H,3-13,16-27H2,1-2H3,(H,32,33)/b15-14+. The summed E-state index contributed by atoms with van der Waals surface area (Å²) in [6.45, 7) is 4.58. The summed E-state index contributed by atoms with van der Waals surface area (Å²) in [5, 5.41) is 9.30. The molecule has 4 nitrogen and oxygen atoms in total. The molecule has 1 atom stereocenters. The van der Waals surface area contributed by atoms with Gasteiger partial charge in [-0.15, -0.1) is 0 Å². The lowest BCUT2D eigenvalue weighted by Crippen LogP contribution is -2.19. The summed E-state index contributed by atoms with van der Waals surface area (Å²) >= 11 is 0. The largest absolute Gasteiger partial charge is 0.481 e. The number of carbonyl (C=O) groups is 2. The molecule has 0 heterocycles. The van der Waals surface area contributed by atoms with Crippen molar-refractivity contribution < 1.29 is 19.4 Å². The molecule has 1 unspecified atom stereocenters. The Bertz CT molecular complexity index is 486. The molecule has 0 fully saturated rings. The molecule has 0 aliphatic heterocycles. The van der Waals surface area contributed by atoms with Gasteiger partial charge in [0.15, 0.2) is 0 Å². The molecule has 0 aliphatic rings. The number of aliphatic carboxylic acids is 1. The van der Waals surface area contributed by atoms with Crippen molar-refractivity contribution in [3.63, 3.8) is 0 Å². The Morgan fingerprint density at radius 3 is 1.53 bits per heavy atom. The average molecular weight is 481 g/mol. The number of hydrogen-bond acceptors (Lipinski definition) is 3. The fourth-order valence-electron chi connectivity index (χ4n) is 4.31. The molecule has 0 spiro atoms. The van der Waals surface area contributed by atoms with Gasteiger partial charge in [-0.05, 0) is 38.5 Å². The predicted molar refractivity (Wildman–Crippen MR) is 144 cm³/mol. The number of rotatable bonds is 26. The molecule has 0 bridgehead atoms. The third-order valence-corrected chi connectivity index (χ3v) is 6.54. The normalized spacial score (nSPS) is 12.3. The van der Waals surface area contributed by atoms with E-state index in [-0.39, 0.29) is 12.4 Å². The summed E-state index contributed by atoms with van der Waals surface area (Å²) < 4.78 is 5.01. The van der Waals surface area contributed by atoms with Crippen LogP contribution in [0.5, 0.6) is 0 Å². The lowest BCUT2D eigenvalue weighted by Gasteiger charge is -2.11. The van der Waals surface area contributed by atoms with Crippen LogP contribution in [-0.2, 0) is 14.3 Å². The van der Waals surface area contributed by atoms with Crippen molar-refractivity contribution in [2.75, 3.05) is 6.61 Å². The molecule has 4 heteroatoms. The van der Waals surface area contributed by atoms with Gasteiger partial charge in [0.1, 0.15) is 0 Å². The maximum Gasteiger partial charge on any atom is 0.307 e. The SMILES string of the molecule is CCCCCCCCCCC/C=C/CCCCCCCCCCC(CC(=O)OCCC)C(=O)O. The Labute approximate surface area is 211 Å². The van der Waals surface area contributed by atoms with Gasteiger partial charge in [-0.3, -0.25) is 9.59 Å². The van der Waals surface area contributed by atoms with Crippen molar-refractivity contribution in [2.24, 2.45) is 5.92 Å². The molecule has 0 aromatic heterocycles. The van der Waals surface area contributed by atoms with Crippen LogP contribution in [0.1, 0.15) is 155 Å². The van der Waals surface area contributed by atoms with Crippen LogP contribution in [0.15, 0.2) is 12.2 Å². The number of esters is 1. The molecule has 0 amide bonds. The van der Waals surface area contributed by atoms with Crippen molar-refractivity contribution in [2.45, 2.75) is 155 Å².